The number of allylic oxidation sites excluding steroid dienone is 3. The summed E-state index contributed by atoms with van der Waals surface area (Å²) in [5.41, 5.74) is 9.73. The lowest BCUT2D eigenvalue weighted by Gasteiger charge is -2.34. The SMILES string of the molecule is CC1(C)c2ccccc2-c2cc3c(cc21)c1ccccc1n3/C=C/C(=C\C=N)c1cccc([Si](c2ccccc2)(c2ccccc2)c2ccccc2)c1. The molecule has 1 heterocycles. The Morgan fingerprint density at radius 2 is 1.11 bits per heavy atom. The van der Waals surface area contributed by atoms with Crippen LogP contribution in [0.1, 0.15) is 30.5 Å². The molecule has 0 amide bonds. The van der Waals surface area contributed by atoms with Gasteiger partial charge in [0.05, 0.1) is 11.0 Å². The molecule has 0 aliphatic heterocycles. The van der Waals surface area contributed by atoms with Gasteiger partial charge in [-0.25, -0.2) is 0 Å². The summed E-state index contributed by atoms with van der Waals surface area (Å²) < 4.78 is 2.33. The predicted octanol–water partition coefficient (Wildman–Crippen LogP) is 9.68. The van der Waals surface area contributed by atoms with Crippen LogP contribution in [-0.2, 0) is 5.41 Å². The molecule has 1 aromatic heterocycles. The quantitative estimate of drug-likeness (QED) is 0.0710. The van der Waals surface area contributed by atoms with Crippen LogP contribution in [0.3, 0.4) is 0 Å². The zero-order valence-corrected chi connectivity index (χ0v) is 31.0. The Labute approximate surface area is 312 Å². The number of rotatable bonds is 8. The van der Waals surface area contributed by atoms with Gasteiger partial charge in [-0.2, -0.15) is 0 Å². The van der Waals surface area contributed by atoms with Crippen molar-refractivity contribution in [3.05, 3.63) is 205 Å². The summed E-state index contributed by atoms with van der Waals surface area (Å²) in [5.74, 6) is 0. The summed E-state index contributed by atoms with van der Waals surface area (Å²) in [5, 5.41) is 16.1. The summed E-state index contributed by atoms with van der Waals surface area (Å²) >= 11 is 0. The Morgan fingerprint density at radius 3 is 1.77 bits per heavy atom. The van der Waals surface area contributed by atoms with Crippen molar-refractivity contribution in [1.82, 2.24) is 4.57 Å². The number of aromatic nitrogens is 1. The van der Waals surface area contributed by atoms with Crippen molar-refractivity contribution < 1.29 is 0 Å². The Kier molecular flexibility index (Phi) is 8.02. The van der Waals surface area contributed by atoms with Gasteiger partial charge in [0.25, 0.3) is 0 Å². The molecule has 254 valence electrons. The maximum absolute atomic E-state index is 8.23. The van der Waals surface area contributed by atoms with Crippen LogP contribution in [0.15, 0.2) is 188 Å². The zero-order valence-electron chi connectivity index (χ0n) is 30.0. The van der Waals surface area contributed by atoms with Crippen molar-refractivity contribution in [1.29, 1.82) is 5.41 Å². The Morgan fingerprint density at radius 1 is 0.528 bits per heavy atom. The first-order chi connectivity index (χ1) is 26.0. The molecule has 3 heteroatoms. The van der Waals surface area contributed by atoms with Gasteiger partial charge in [-0.1, -0.05) is 172 Å². The van der Waals surface area contributed by atoms with Gasteiger partial charge in [-0.05, 0) is 84.5 Å². The summed E-state index contributed by atoms with van der Waals surface area (Å²) in [6.45, 7) is 4.69. The first kappa shape index (κ1) is 32.6. The van der Waals surface area contributed by atoms with E-state index in [2.05, 4.69) is 207 Å². The van der Waals surface area contributed by atoms with E-state index in [0.717, 1.165) is 11.1 Å². The molecule has 1 aliphatic carbocycles. The third kappa shape index (κ3) is 5.19. The molecule has 0 radical (unpaired) electrons. The first-order valence-corrected chi connectivity index (χ1v) is 20.4. The summed E-state index contributed by atoms with van der Waals surface area (Å²) in [7, 11) is -2.71. The van der Waals surface area contributed by atoms with Crippen molar-refractivity contribution in [2.75, 3.05) is 0 Å². The molecule has 2 nitrogen and oxygen atoms in total. The van der Waals surface area contributed by atoms with Crippen molar-refractivity contribution in [2.24, 2.45) is 0 Å². The fraction of sp³-hybridized carbons (Fsp3) is 0.0600. The van der Waals surface area contributed by atoms with Crippen molar-refractivity contribution in [3.63, 3.8) is 0 Å². The van der Waals surface area contributed by atoms with Gasteiger partial charge in [0.2, 0.25) is 0 Å². The summed E-state index contributed by atoms with van der Waals surface area (Å²) in [6, 6.07) is 64.5. The lowest BCUT2D eigenvalue weighted by atomic mass is 9.82. The van der Waals surface area contributed by atoms with E-state index in [-0.39, 0.29) is 5.41 Å². The smallest absolute Gasteiger partial charge is 0.179 e. The third-order valence-electron chi connectivity index (χ3n) is 11.3. The topological polar surface area (TPSA) is 28.8 Å². The molecule has 0 saturated carbocycles. The minimum Gasteiger partial charge on any atom is -0.316 e. The van der Waals surface area contributed by atoms with Crippen LogP contribution in [0.5, 0.6) is 0 Å². The molecule has 0 bridgehead atoms. The average molecular weight is 697 g/mol. The number of nitrogens with one attached hydrogen (secondary N) is 1. The second kappa shape index (κ2) is 13.0. The molecular weight excluding hydrogens is 657 g/mol. The molecule has 53 heavy (non-hydrogen) atoms. The molecule has 0 atom stereocenters. The van der Waals surface area contributed by atoms with E-state index >= 15 is 0 Å². The molecule has 0 unspecified atom stereocenters. The highest BCUT2D eigenvalue weighted by atomic mass is 28.3. The Bertz CT molecular complexity index is 2600. The van der Waals surface area contributed by atoms with E-state index in [9.17, 15) is 0 Å². The van der Waals surface area contributed by atoms with Gasteiger partial charge >= 0.3 is 0 Å². The molecular formula is C50H40N2Si. The van der Waals surface area contributed by atoms with E-state index in [0.29, 0.717) is 0 Å². The lowest BCUT2D eigenvalue weighted by molar-refractivity contribution is 0.661. The van der Waals surface area contributed by atoms with Crippen molar-refractivity contribution >= 4 is 68.6 Å². The molecule has 8 aromatic rings. The van der Waals surface area contributed by atoms with Gasteiger partial charge in [0, 0.05) is 28.6 Å². The molecule has 0 saturated heterocycles. The van der Waals surface area contributed by atoms with Crippen LogP contribution >= 0.6 is 0 Å². The first-order valence-electron chi connectivity index (χ1n) is 18.4. The second-order valence-corrected chi connectivity index (χ2v) is 18.3. The van der Waals surface area contributed by atoms with Gasteiger partial charge in [-0.15, -0.1) is 0 Å². The zero-order chi connectivity index (χ0) is 36.0. The van der Waals surface area contributed by atoms with Gasteiger partial charge < -0.3 is 9.98 Å². The highest BCUT2D eigenvalue weighted by molar-refractivity contribution is 7.19. The maximum Gasteiger partial charge on any atom is 0.179 e. The number of fused-ring (bicyclic) bond motifs is 6. The molecule has 1 aliphatic rings. The number of benzene rings is 7. The third-order valence-corrected chi connectivity index (χ3v) is 16.1. The lowest BCUT2D eigenvalue weighted by Crippen LogP contribution is -2.74. The van der Waals surface area contributed by atoms with Crippen LogP contribution in [0.4, 0.5) is 0 Å². The summed E-state index contributed by atoms with van der Waals surface area (Å²) in [4.78, 5) is 0. The normalized spacial score (nSPS) is 13.7. The van der Waals surface area contributed by atoms with E-state index in [1.807, 2.05) is 6.08 Å². The molecule has 0 spiro atoms. The maximum atomic E-state index is 8.23. The monoisotopic (exact) mass is 696 g/mol. The van der Waals surface area contributed by atoms with E-state index in [4.69, 9.17) is 5.41 Å². The molecule has 9 rings (SSSR count). The minimum atomic E-state index is -2.71. The molecule has 7 aromatic carbocycles. The standard InChI is InChI=1S/C50H40N2Si/c1-50(2)46-27-14-12-25-42(46)44-35-49-45(34-47(44)50)43-26-13-15-28-48(43)52(49)32-30-36(29-31-51)37-17-16-24-41(33-37)53(38-18-6-3-7-19-38,39-20-8-4-9-21-39)40-22-10-5-11-23-40/h3-35,51H,1-2H3/b32-30+,36-29+,51-31?. The molecule has 0 fully saturated rings. The van der Waals surface area contributed by atoms with Crippen molar-refractivity contribution in [3.8, 4) is 11.1 Å². The van der Waals surface area contributed by atoms with Crippen molar-refractivity contribution in [2.45, 2.75) is 19.3 Å². The molecule has 1 N–H and O–H groups in total. The number of hydrogen-bond acceptors (Lipinski definition) is 1. The number of para-hydroxylation sites is 1. The Hall–Kier alpha value is -6.29. The van der Waals surface area contributed by atoms with Crippen LogP contribution in [0, 0.1) is 5.41 Å². The highest BCUT2D eigenvalue weighted by Gasteiger charge is 2.41. The number of hydrogen-bond donors (Lipinski definition) is 1. The largest absolute Gasteiger partial charge is 0.316 e. The van der Waals surface area contributed by atoms with Gasteiger partial charge in [0.15, 0.2) is 8.07 Å². The highest BCUT2D eigenvalue weighted by Crippen LogP contribution is 2.50. The average Bonchev–Trinajstić information content (AvgIpc) is 3.64. The van der Waals surface area contributed by atoms with Gasteiger partial charge in [0.1, 0.15) is 0 Å². The number of nitrogens with zero attached hydrogens (tertiary/aromatic N) is 1. The second-order valence-electron chi connectivity index (χ2n) is 14.5. The van der Waals surface area contributed by atoms with Crippen LogP contribution in [-0.4, -0.2) is 18.9 Å². The van der Waals surface area contributed by atoms with Crippen LogP contribution in [0.2, 0.25) is 0 Å². The van der Waals surface area contributed by atoms with E-state index < -0.39 is 8.07 Å². The van der Waals surface area contributed by atoms with E-state index in [1.165, 1.54) is 71.0 Å². The minimum absolute atomic E-state index is 0.0676. The predicted molar refractivity (Wildman–Crippen MR) is 229 cm³/mol. The van der Waals surface area contributed by atoms with E-state index in [1.54, 1.807) is 0 Å². The van der Waals surface area contributed by atoms with Gasteiger partial charge in [-0.3, -0.25) is 0 Å². The fourth-order valence-corrected chi connectivity index (χ4v) is 13.6. The summed E-state index contributed by atoms with van der Waals surface area (Å²) in [6.07, 6.45) is 7.69. The fourth-order valence-electron chi connectivity index (χ4n) is 8.84. The van der Waals surface area contributed by atoms with Crippen LogP contribution in [0.25, 0.3) is 44.7 Å². The van der Waals surface area contributed by atoms with Crippen LogP contribution < -0.4 is 20.7 Å². The Balaban J connectivity index is 1.22.